The molecule has 1 N–H and O–H groups in total. The van der Waals surface area contributed by atoms with Gasteiger partial charge in [0.15, 0.2) is 0 Å². The van der Waals surface area contributed by atoms with Crippen LogP contribution in [0.3, 0.4) is 0 Å². The Balaban J connectivity index is 1.62. The van der Waals surface area contributed by atoms with Gasteiger partial charge in [-0.3, -0.25) is 5.01 Å². The van der Waals surface area contributed by atoms with Crippen molar-refractivity contribution in [1.29, 1.82) is 0 Å². The van der Waals surface area contributed by atoms with Gasteiger partial charge in [-0.15, -0.1) is 0 Å². The molecule has 162 valence electrons. The lowest BCUT2D eigenvalue weighted by atomic mass is 10.0. The lowest BCUT2D eigenvalue weighted by molar-refractivity contribution is 0.0697. The summed E-state index contributed by atoms with van der Waals surface area (Å²) in [6.45, 7) is 0. The Kier molecular flexibility index (Phi) is 6.22. The quantitative estimate of drug-likeness (QED) is 0.544. The van der Waals surface area contributed by atoms with Gasteiger partial charge in [0, 0.05) is 6.42 Å². The number of anilines is 1. The number of benzene rings is 3. The van der Waals surface area contributed by atoms with Crippen LogP contribution in [0.1, 0.15) is 33.9 Å². The van der Waals surface area contributed by atoms with Gasteiger partial charge in [-0.2, -0.15) is 5.10 Å². The second kappa shape index (κ2) is 9.39. The van der Waals surface area contributed by atoms with E-state index in [0.29, 0.717) is 0 Å². The third-order valence-electron chi connectivity index (χ3n) is 5.40. The second-order valence-corrected chi connectivity index (χ2v) is 7.39. The summed E-state index contributed by atoms with van der Waals surface area (Å²) in [7, 11) is 3.29. The van der Waals surface area contributed by atoms with Crippen molar-refractivity contribution in [1.82, 2.24) is 0 Å². The van der Waals surface area contributed by atoms with Crippen molar-refractivity contribution >= 4 is 23.4 Å². The number of methoxy groups -OCH3 is 2. The molecule has 0 amide bonds. The van der Waals surface area contributed by atoms with Crippen LogP contribution in [0.5, 0.6) is 11.5 Å². The number of carbonyl (C=O) groups is 1. The lowest BCUT2D eigenvalue weighted by Gasteiger charge is -2.24. The molecule has 3 aromatic carbocycles. The van der Waals surface area contributed by atoms with Gasteiger partial charge in [-0.1, -0.05) is 30.3 Å². The Morgan fingerprint density at radius 2 is 1.50 bits per heavy atom. The van der Waals surface area contributed by atoms with Crippen LogP contribution in [0, 0.1) is 0 Å². The average molecular weight is 428 g/mol. The van der Waals surface area contributed by atoms with Gasteiger partial charge in [0.1, 0.15) is 11.5 Å². The summed E-state index contributed by atoms with van der Waals surface area (Å²) < 4.78 is 10.5. The van der Waals surface area contributed by atoms with E-state index in [2.05, 4.69) is 0 Å². The van der Waals surface area contributed by atoms with Crippen LogP contribution >= 0.6 is 0 Å². The highest BCUT2D eigenvalue weighted by atomic mass is 16.5. The molecule has 0 saturated carbocycles. The molecule has 1 aliphatic heterocycles. The zero-order valence-corrected chi connectivity index (χ0v) is 17.9. The van der Waals surface area contributed by atoms with Crippen LogP contribution in [0.15, 0.2) is 84.0 Å². The zero-order chi connectivity index (χ0) is 22.5. The molecule has 6 heteroatoms. The molecule has 4 rings (SSSR count). The van der Waals surface area contributed by atoms with Crippen molar-refractivity contribution in [3.05, 3.63) is 95.6 Å². The van der Waals surface area contributed by atoms with Crippen molar-refractivity contribution in [3.8, 4) is 11.5 Å². The summed E-state index contributed by atoms with van der Waals surface area (Å²) in [4.78, 5) is 11.2. The fourth-order valence-electron chi connectivity index (χ4n) is 3.62. The molecule has 0 unspecified atom stereocenters. The van der Waals surface area contributed by atoms with Crippen molar-refractivity contribution in [2.45, 2.75) is 12.5 Å². The number of ether oxygens (including phenoxy) is 2. The standard InChI is InChI=1S/C26H24N2O4/c1-31-23-13-4-18(5-14-23)3-10-21-17-25(19-8-15-24(32-2)16-9-19)28(27-21)22-11-6-20(7-12-22)26(29)30/h3-16,25H,17H2,1-2H3,(H,29,30)/b10-3+/t25-/m0/s1. The first-order valence-electron chi connectivity index (χ1n) is 10.2. The summed E-state index contributed by atoms with van der Waals surface area (Å²) in [5.41, 5.74) is 4.17. The van der Waals surface area contributed by atoms with Crippen molar-refractivity contribution in [2.75, 3.05) is 19.2 Å². The van der Waals surface area contributed by atoms with E-state index in [4.69, 9.17) is 14.6 Å². The third kappa shape index (κ3) is 4.64. The fraction of sp³-hybridized carbons (Fsp3) is 0.154. The van der Waals surface area contributed by atoms with Crippen LogP contribution in [0.2, 0.25) is 0 Å². The van der Waals surface area contributed by atoms with Gasteiger partial charge >= 0.3 is 5.97 Å². The molecular weight excluding hydrogens is 404 g/mol. The van der Waals surface area contributed by atoms with E-state index in [0.717, 1.165) is 40.4 Å². The number of rotatable bonds is 7. The average Bonchev–Trinajstić information content (AvgIpc) is 3.27. The monoisotopic (exact) mass is 428 g/mol. The summed E-state index contributed by atoms with van der Waals surface area (Å²) in [5, 5.41) is 16.0. The summed E-state index contributed by atoms with van der Waals surface area (Å²) in [6, 6.07) is 22.6. The minimum Gasteiger partial charge on any atom is -0.497 e. The van der Waals surface area contributed by atoms with Gasteiger partial charge in [0.25, 0.3) is 0 Å². The lowest BCUT2D eigenvalue weighted by Crippen LogP contribution is -2.18. The van der Waals surface area contributed by atoms with Gasteiger partial charge in [0.2, 0.25) is 0 Å². The molecule has 3 aromatic rings. The number of carboxylic acids is 1. The van der Waals surface area contributed by atoms with Crippen LogP contribution < -0.4 is 14.5 Å². The molecule has 0 aliphatic carbocycles. The molecule has 0 radical (unpaired) electrons. The number of carboxylic acid groups (broad SMARTS) is 1. The third-order valence-corrected chi connectivity index (χ3v) is 5.40. The number of hydrazone groups is 1. The summed E-state index contributed by atoms with van der Waals surface area (Å²) in [5.74, 6) is 0.664. The maximum Gasteiger partial charge on any atom is 0.335 e. The van der Waals surface area contributed by atoms with E-state index >= 15 is 0 Å². The van der Waals surface area contributed by atoms with E-state index in [1.807, 2.05) is 65.7 Å². The molecule has 0 aromatic heterocycles. The second-order valence-electron chi connectivity index (χ2n) is 7.39. The molecule has 0 spiro atoms. The first kappa shape index (κ1) is 21.2. The van der Waals surface area contributed by atoms with Gasteiger partial charge in [-0.25, -0.2) is 4.79 Å². The van der Waals surface area contributed by atoms with E-state index in [1.165, 1.54) is 0 Å². The van der Waals surface area contributed by atoms with Crippen LogP contribution in [-0.2, 0) is 0 Å². The zero-order valence-electron chi connectivity index (χ0n) is 17.9. The van der Waals surface area contributed by atoms with Gasteiger partial charge in [0.05, 0.1) is 37.2 Å². The topological polar surface area (TPSA) is 71.4 Å². The first-order chi connectivity index (χ1) is 15.6. The molecule has 0 saturated heterocycles. The number of aromatic carboxylic acids is 1. The molecule has 6 nitrogen and oxygen atoms in total. The number of nitrogens with zero attached hydrogens (tertiary/aromatic N) is 2. The predicted molar refractivity (Wildman–Crippen MR) is 126 cm³/mol. The van der Waals surface area contributed by atoms with Crippen molar-refractivity contribution in [3.63, 3.8) is 0 Å². The van der Waals surface area contributed by atoms with E-state index in [1.54, 1.807) is 38.5 Å². The molecular formula is C26H24N2O4. The number of hydrogen-bond acceptors (Lipinski definition) is 5. The maximum atomic E-state index is 11.2. The molecule has 0 bridgehead atoms. The number of hydrogen-bond donors (Lipinski definition) is 1. The molecule has 32 heavy (non-hydrogen) atoms. The Hall–Kier alpha value is -4.06. The molecule has 1 aliphatic rings. The molecule has 1 atom stereocenters. The molecule has 1 heterocycles. The smallest absolute Gasteiger partial charge is 0.335 e. The van der Waals surface area contributed by atoms with E-state index in [-0.39, 0.29) is 11.6 Å². The Bertz CT molecular complexity index is 1130. The minimum absolute atomic E-state index is 0.00731. The van der Waals surface area contributed by atoms with Gasteiger partial charge < -0.3 is 14.6 Å². The highest BCUT2D eigenvalue weighted by molar-refractivity contribution is 6.01. The highest BCUT2D eigenvalue weighted by Crippen LogP contribution is 2.36. The largest absolute Gasteiger partial charge is 0.497 e. The SMILES string of the molecule is COc1ccc(/C=C/C2=NN(c3ccc(C(=O)O)cc3)[C@H](c3ccc(OC)cc3)C2)cc1. The predicted octanol–water partition coefficient (Wildman–Crippen LogP) is 5.42. The Labute approximate surface area is 187 Å². The van der Waals surface area contributed by atoms with Crippen molar-refractivity contribution in [2.24, 2.45) is 5.10 Å². The molecule has 0 fully saturated rings. The van der Waals surface area contributed by atoms with E-state index < -0.39 is 5.97 Å². The Morgan fingerprint density at radius 3 is 2.06 bits per heavy atom. The maximum absolute atomic E-state index is 11.2. The van der Waals surface area contributed by atoms with Gasteiger partial charge in [-0.05, 0) is 65.7 Å². The minimum atomic E-state index is -0.948. The van der Waals surface area contributed by atoms with Crippen LogP contribution in [-0.4, -0.2) is 31.0 Å². The fourth-order valence-corrected chi connectivity index (χ4v) is 3.62. The summed E-state index contributed by atoms with van der Waals surface area (Å²) >= 11 is 0. The normalized spacial score (nSPS) is 15.6. The summed E-state index contributed by atoms with van der Waals surface area (Å²) in [6.07, 6.45) is 4.77. The van der Waals surface area contributed by atoms with Crippen molar-refractivity contribution < 1.29 is 19.4 Å². The Morgan fingerprint density at radius 1 is 0.906 bits per heavy atom. The highest BCUT2D eigenvalue weighted by Gasteiger charge is 2.28. The number of allylic oxidation sites excluding steroid dienone is 1. The van der Waals surface area contributed by atoms with E-state index in [9.17, 15) is 9.90 Å². The van der Waals surface area contributed by atoms with Crippen LogP contribution in [0.25, 0.3) is 6.08 Å². The van der Waals surface area contributed by atoms with Crippen LogP contribution in [0.4, 0.5) is 5.69 Å². The first-order valence-corrected chi connectivity index (χ1v) is 10.2.